The van der Waals surface area contributed by atoms with Crippen molar-refractivity contribution in [1.29, 1.82) is 0 Å². The summed E-state index contributed by atoms with van der Waals surface area (Å²) in [7, 11) is 0. The molecule has 5 heteroatoms. The molecule has 1 N–H and O–H groups in total. The second-order valence-corrected chi connectivity index (χ2v) is 6.65. The molecule has 2 aromatic carbocycles. The zero-order chi connectivity index (χ0) is 17.4. The molecule has 0 spiro atoms. The van der Waals surface area contributed by atoms with Gasteiger partial charge < -0.3 is 10.1 Å². The fourth-order valence-corrected chi connectivity index (χ4v) is 3.76. The summed E-state index contributed by atoms with van der Waals surface area (Å²) in [6.45, 7) is 2.68. The topological polar surface area (TPSA) is 58.6 Å². The first-order chi connectivity index (χ1) is 12.1. The molecule has 0 aromatic heterocycles. The van der Waals surface area contributed by atoms with Crippen LogP contribution in [0, 0.1) is 0 Å². The van der Waals surface area contributed by atoms with Crippen molar-refractivity contribution >= 4 is 12.0 Å². The second-order valence-electron chi connectivity index (χ2n) is 6.65. The lowest BCUT2D eigenvalue weighted by atomic mass is 9.98. The highest BCUT2D eigenvalue weighted by Crippen LogP contribution is 2.44. The molecule has 25 heavy (non-hydrogen) atoms. The number of carbonyl (C=O) groups excluding carboxylic acids is 2. The standard InChI is InChI=1S/C20H20N2O3/c1-13-10-22(11-19(23)21-13)20(24)25-12-18-16-8-4-2-6-14(16)15-7-3-5-9-17(15)18/h2-9,13,18H,10-12H2,1H3,(H,21,23)/t13-/m0/s1. The quantitative estimate of drug-likeness (QED) is 0.917. The normalized spacial score (nSPS) is 19.2. The Morgan fingerprint density at radius 3 is 2.32 bits per heavy atom. The van der Waals surface area contributed by atoms with Crippen molar-refractivity contribution in [2.45, 2.75) is 18.9 Å². The Morgan fingerprint density at radius 2 is 1.72 bits per heavy atom. The number of nitrogens with one attached hydrogen (secondary N) is 1. The van der Waals surface area contributed by atoms with E-state index in [1.165, 1.54) is 27.2 Å². The zero-order valence-electron chi connectivity index (χ0n) is 14.1. The van der Waals surface area contributed by atoms with Crippen LogP contribution in [0.4, 0.5) is 4.79 Å². The predicted octanol–water partition coefficient (Wildman–Crippen LogP) is 2.76. The van der Waals surface area contributed by atoms with E-state index in [0.717, 1.165) is 0 Å². The van der Waals surface area contributed by atoms with Crippen molar-refractivity contribution in [3.63, 3.8) is 0 Å². The molecule has 0 bridgehead atoms. The maximum absolute atomic E-state index is 12.4. The highest BCUT2D eigenvalue weighted by atomic mass is 16.6. The van der Waals surface area contributed by atoms with Crippen LogP contribution < -0.4 is 5.32 Å². The molecular weight excluding hydrogens is 316 g/mol. The van der Waals surface area contributed by atoms with Crippen LogP contribution in [0.3, 0.4) is 0 Å². The summed E-state index contributed by atoms with van der Waals surface area (Å²) in [6, 6.07) is 16.4. The van der Waals surface area contributed by atoms with Gasteiger partial charge in [0.2, 0.25) is 5.91 Å². The Morgan fingerprint density at radius 1 is 1.12 bits per heavy atom. The second kappa shape index (κ2) is 6.24. The van der Waals surface area contributed by atoms with Crippen molar-refractivity contribution < 1.29 is 14.3 Å². The number of fused-ring (bicyclic) bond motifs is 3. The molecule has 1 saturated heterocycles. The van der Waals surface area contributed by atoms with E-state index in [-0.39, 0.29) is 31.0 Å². The van der Waals surface area contributed by atoms with Crippen LogP contribution in [0.25, 0.3) is 11.1 Å². The van der Waals surface area contributed by atoms with Crippen LogP contribution in [0.2, 0.25) is 0 Å². The summed E-state index contributed by atoms with van der Waals surface area (Å²) in [4.78, 5) is 25.5. The molecule has 2 aromatic rings. The average molecular weight is 336 g/mol. The van der Waals surface area contributed by atoms with E-state index >= 15 is 0 Å². The molecule has 0 unspecified atom stereocenters. The van der Waals surface area contributed by atoms with Crippen molar-refractivity contribution in [3.05, 3.63) is 59.7 Å². The van der Waals surface area contributed by atoms with Gasteiger partial charge in [-0.05, 0) is 29.2 Å². The van der Waals surface area contributed by atoms with Crippen LogP contribution in [-0.2, 0) is 9.53 Å². The van der Waals surface area contributed by atoms with Gasteiger partial charge in [-0.3, -0.25) is 9.69 Å². The number of amides is 2. The highest BCUT2D eigenvalue weighted by molar-refractivity contribution is 5.84. The van der Waals surface area contributed by atoms with E-state index in [0.29, 0.717) is 6.54 Å². The molecular formula is C20H20N2O3. The third-order valence-electron chi connectivity index (χ3n) is 4.83. The first kappa shape index (κ1) is 15.7. The van der Waals surface area contributed by atoms with E-state index in [1.807, 2.05) is 31.2 Å². The smallest absolute Gasteiger partial charge is 0.410 e. The predicted molar refractivity (Wildman–Crippen MR) is 94.2 cm³/mol. The lowest BCUT2D eigenvalue weighted by Crippen LogP contribution is -2.54. The molecule has 1 aliphatic carbocycles. The number of benzene rings is 2. The van der Waals surface area contributed by atoms with Crippen LogP contribution >= 0.6 is 0 Å². The number of nitrogens with zero attached hydrogens (tertiary/aromatic N) is 1. The van der Waals surface area contributed by atoms with Crippen LogP contribution in [0.5, 0.6) is 0 Å². The number of hydrogen-bond acceptors (Lipinski definition) is 3. The van der Waals surface area contributed by atoms with E-state index in [1.54, 1.807) is 0 Å². The Hall–Kier alpha value is -2.82. The lowest BCUT2D eigenvalue weighted by Gasteiger charge is -2.30. The van der Waals surface area contributed by atoms with Gasteiger partial charge in [0.15, 0.2) is 0 Å². The Labute approximate surface area is 146 Å². The molecule has 0 saturated carbocycles. The van der Waals surface area contributed by atoms with Gasteiger partial charge in [0.05, 0.1) is 0 Å². The summed E-state index contributed by atoms with van der Waals surface area (Å²) in [5.74, 6) is -0.111. The molecule has 1 atom stereocenters. The van der Waals surface area contributed by atoms with Crippen molar-refractivity contribution in [2.24, 2.45) is 0 Å². The maximum Gasteiger partial charge on any atom is 0.410 e. The molecule has 1 heterocycles. The first-order valence-electron chi connectivity index (χ1n) is 8.53. The molecule has 1 aliphatic heterocycles. The summed E-state index contributed by atoms with van der Waals surface area (Å²) >= 11 is 0. The van der Waals surface area contributed by atoms with Crippen molar-refractivity contribution in [1.82, 2.24) is 10.2 Å². The average Bonchev–Trinajstić information content (AvgIpc) is 2.93. The third kappa shape index (κ3) is 2.86. The molecule has 2 aliphatic rings. The van der Waals surface area contributed by atoms with Gasteiger partial charge in [0, 0.05) is 18.5 Å². The molecule has 1 fully saturated rings. The number of hydrogen-bond donors (Lipinski definition) is 1. The SMILES string of the molecule is C[C@H]1CN(C(=O)OCC2c3ccccc3-c3ccccc32)CC(=O)N1. The maximum atomic E-state index is 12.4. The molecule has 128 valence electrons. The Bertz CT molecular complexity index is 788. The minimum atomic E-state index is -0.427. The zero-order valence-corrected chi connectivity index (χ0v) is 14.1. The first-order valence-corrected chi connectivity index (χ1v) is 8.53. The molecule has 4 rings (SSSR count). The van der Waals surface area contributed by atoms with E-state index in [4.69, 9.17) is 4.74 Å². The van der Waals surface area contributed by atoms with Crippen molar-refractivity contribution in [3.8, 4) is 11.1 Å². The molecule has 5 nitrogen and oxygen atoms in total. The van der Waals surface area contributed by atoms with Crippen LogP contribution in [0.1, 0.15) is 24.0 Å². The lowest BCUT2D eigenvalue weighted by molar-refractivity contribution is -0.124. The monoisotopic (exact) mass is 336 g/mol. The van der Waals surface area contributed by atoms with Gasteiger partial charge in [-0.15, -0.1) is 0 Å². The minimum Gasteiger partial charge on any atom is -0.448 e. The largest absolute Gasteiger partial charge is 0.448 e. The number of piperazine rings is 1. The molecule has 2 amide bonds. The summed E-state index contributed by atoms with van der Waals surface area (Å²) < 4.78 is 5.58. The number of ether oxygens (including phenoxy) is 1. The van der Waals surface area contributed by atoms with Crippen LogP contribution in [0.15, 0.2) is 48.5 Å². The van der Waals surface area contributed by atoms with Gasteiger partial charge in [-0.1, -0.05) is 48.5 Å². The minimum absolute atomic E-state index is 0.0346. The fourth-order valence-electron chi connectivity index (χ4n) is 3.76. The fraction of sp³-hybridized carbons (Fsp3) is 0.300. The van der Waals surface area contributed by atoms with Gasteiger partial charge in [0.1, 0.15) is 13.2 Å². The molecule has 0 radical (unpaired) electrons. The Kier molecular flexibility index (Phi) is 3.92. The summed E-state index contributed by atoms with van der Waals surface area (Å²) in [5, 5.41) is 2.80. The van der Waals surface area contributed by atoms with E-state index in [9.17, 15) is 9.59 Å². The van der Waals surface area contributed by atoms with Gasteiger partial charge in [-0.25, -0.2) is 4.79 Å². The summed E-state index contributed by atoms with van der Waals surface area (Å²) in [6.07, 6.45) is -0.427. The summed E-state index contributed by atoms with van der Waals surface area (Å²) in [5.41, 5.74) is 4.76. The highest BCUT2D eigenvalue weighted by Gasteiger charge is 2.31. The van der Waals surface area contributed by atoms with Gasteiger partial charge in [0.25, 0.3) is 0 Å². The third-order valence-corrected chi connectivity index (χ3v) is 4.83. The van der Waals surface area contributed by atoms with E-state index in [2.05, 4.69) is 29.6 Å². The number of rotatable bonds is 2. The van der Waals surface area contributed by atoms with Gasteiger partial charge >= 0.3 is 6.09 Å². The van der Waals surface area contributed by atoms with Crippen LogP contribution in [-0.4, -0.2) is 42.6 Å². The van der Waals surface area contributed by atoms with E-state index < -0.39 is 6.09 Å². The van der Waals surface area contributed by atoms with Crippen molar-refractivity contribution in [2.75, 3.05) is 19.7 Å². The Balaban J connectivity index is 1.51. The van der Waals surface area contributed by atoms with Gasteiger partial charge in [-0.2, -0.15) is 0 Å². The number of carbonyl (C=O) groups is 2.